The van der Waals surface area contributed by atoms with E-state index in [4.69, 9.17) is 21.1 Å². The van der Waals surface area contributed by atoms with Crippen LogP contribution >= 0.6 is 47.8 Å². The van der Waals surface area contributed by atoms with Gasteiger partial charge in [0.05, 0.1) is 36.4 Å². The van der Waals surface area contributed by atoms with Gasteiger partial charge in [-0.2, -0.15) is 13.2 Å². The first kappa shape index (κ1) is 48.6. The number of nitrogens with zero attached hydrogens (tertiary/aromatic N) is 3. The van der Waals surface area contributed by atoms with Gasteiger partial charge >= 0.3 is 6.18 Å². The fourth-order valence-corrected chi connectivity index (χ4v) is 9.65. The van der Waals surface area contributed by atoms with Crippen molar-refractivity contribution in [2.45, 2.75) is 81.6 Å². The van der Waals surface area contributed by atoms with E-state index in [0.29, 0.717) is 34.4 Å². The third-order valence-electron chi connectivity index (χ3n) is 10.8. The van der Waals surface area contributed by atoms with Gasteiger partial charge in [0, 0.05) is 39.1 Å². The Bertz CT molecular complexity index is 2500. The van der Waals surface area contributed by atoms with Crippen molar-refractivity contribution >= 4 is 91.4 Å². The Morgan fingerprint density at radius 2 is 1.82 bits per heavy atom. The number of benzene rings is 2. The minimum Gasteiger partial charge on any atom is -0.494 e. The molecule has 0 unspecified atom stereocenters. The molecule has 2 saturated carbocycles. The lowest BCUT2D eigenvalue weighted by molar-refractivity contribution is -0.141. The predicted octanol–water partition coefficient (Wildman–Crippen LogP) is 7.57. The molecule has 3 N–H and O–H groups in total. The van der Waals surface area contributed by atoms with Gasteiger partial charge < -0.3 is 25.0 Å². The number of methoxy groups -OCH3 is 1. The molecule has 1 aliphatic heterocycles. The van der Waals surface area contributed by atoms with Crippen molar-refractivity contribution < 1.29 is 49.8 Å². The van der Waals surface area contributed by atoms with E-state index in [-0.39, 0.29) is 60.9 Å². The van der Waals surface area contributed by atoms with Crippen LogP contribution in [-0.4, -0.2) is 83.6 Å². The van der Waals surface area contributed by atoms with E-state index >= 15 is 0 Å². The topological polar surface area (TPSA) is 169 Å². The van der Waals surface area contributed by atoms with Crippen LogP contribution in [0.15, 0.2) is 60.6 Å². The van der Waals surface area contributed by atoms with Gasteiger partial charge in [-0.15, -0.1) is 42.7 Å². The number of pyridine rings is 1. The van der Waals surface area contributed by atoms with Gasteiger partial charge in [0.2, 0.25) is 27.7 Å². The Kier molecular flexibility index (Phi) is 14.1. The molecule has 1 saturated heterocycles. The summed E-state index contributed by atoms with van der Waals surface area (Å²) < 4.78 is 96.1. The summed E-state index contributed by atoms with van der Waals surface area (Å²) in [5.41, 5.74) is -4.84. The van der Waals surface area contributed by atoms with Crippen molar-refractivity contribution in [1.82, 2.24) is 24.9 Å². The standard InChI is InChI=1S/C40H41ClF4N6O7S2.2ClH/c1-6-20-16-39(20,36(54)50-60(55,56)23-11-12-23)49-33(52)29-15-22(58-34-25-14-21(41)10-13-24(25)30(57-5)17-46-34)18-51(29)35(53)32(38(2,3)4)48-37-47-28(19-59-37)31-26(40(43,44)45)8-7-9-27(31)42;;/h6-10,13-14,17,19-20,22-23,29,32H,1,11-12,15-16,18H2,2-5H3,(H,47,48)(H,49,52)(H,50,54);2*1H/t20-,22-,29+,32-,39-;;/m1../s1. The Balaban J connectivity index is 0.00000363. The fourth-order valence-electron chi connectivity index (χ4n) is 7.39. The van der Waals surface area contributed by atoms with E-state index in [9.17, 15) is 40.4 Å². The molecular formula is C40H43Cl3F4N6O7S2. The number of nitrogens with one attached hydrogen (secondary N) is 3. The lowest BCUT2D eigenvalue weighted by Gasteiger charge is -2.35. The smallest absolute Gasteiger partial charge is 0.417 e. The van der Waals surface area contributed by atoms with Crippen molar-refractivity contribution in [2.24, 2.45) is 11.3 Å². The molecule has 22 heteroatoms. The molecule has 3 fully saturated rings. The molecule has 2 aromatic carbocycles. The Hall–Kier alpha value is -4.43. The van der Waals surface area contributed by atoms with Crippen molar-refractivity contribution in [3.63, 3.8) is 0 Å². The van der Waals surface area contributed by atoms with Gasteiger partial charge in [0.1, 0.15) is 35.3 Å². The summed E-state index contributed by atoms with van der Waals surface area (Å²) in [4.78, 5) is 52.8. The highest BCUT2D eigenvalue weighted by Crippen LogP contribution is 2.46. The number of amides is 3. The number of ether oxygens (including phenoxy) is 2. The second kappa shape index (κ2) is 18.0. The van der Waals surface area contributed by atoms with Crippen LogP contribution in [0.25, 0.3) is 22.0 Å². The van der Waals surface area contributed by atoms with Gasteiger partial charge in [-0.25, -0.2) is 22.8 Å². The molecule has 5 atom stereocenters. The molecule has 4 aromatic rings. The lowest BCUT2D eigenvalue weighted by atomic mass is 9.85. The number of fused-ring (bicyclic) bond motifs is 1. The SMILES string of the molecule is C=C[C@@H]1C[C@]1(NC(=O)[C@@H]1C[C@@H](Oc2ncc(OC)c3ccc(Cl)cc23)CN1C(=O)[C@@H](Nc1nc(-c2c(F)cccc2C(F)(F)F)cs1)C(C)(C)C)C(=O)NS(=O)(=O)C1CC1.Cl.Cl. The maximum absolute atomic E-state index is 14.9. The summed E-state index contributed by atoms with van der Waals surface area (Å²) in [5.74, 6) is -3.48. The third kappa shape index (κ3) is 9.71. The highest BCUT2D eigenvalue weighted by molar-refractivity contribution is 7.91. The maximum Gasteiger partial charge on any atom is 0.417 e. The van der Waals surface area contributed by atoms with Crippen LogP contribution in [-0.2, 0) is 30.6 Å². The number of hydrogen-bond donors (Lipinski definition) is 3. The molecule has 2 aromatic heterocycles. The zero-order valence-corrected chi connectivity index (χ0v) is 37.6. The lowest BCUT2D eigenvalue weighted by Crippen LogP contribution is -2.58. The molecule has 0 spiro atoms. The number of aromatic nitrogens is 2. The van der Waals surface area contributed by atoms with E-state index in [0.717, 1.165) is 29.5 Å². The van der Waals surface area contributed by atoms with Crippen LogP contribution in [0.1, 0.15) is 52.0 Å². The number of sulfonamides is 1. The Labute approximate surface area is 376 Å². The predicted molar refractivity (Wildman–Crippen MR) is 231 cm³/mol. The van der Waals surface area contributed by atoms with E-state index < -0.39 is 91.2 Å². The van der Waals surface area contributed by atoms with Crippen molar-refractivity contribution in [3.8, 4) is 22.9 Å². The molecule has 7 rings (SSSR count). The van der Waals surface area contributed by atoms with Gasteiger partial charge in [-0.3, -0.25) is 19.1 Å². The first-order valence-electron chi connectivity index (χ1n) is 18.8. The van der Waals surface area contributed by atoms with Crippen LogP contribution in [0.5, 0.6) is 11.6 Å². The molecule has 62 heavy (non-hydrogen) atoms. The summed E-state index contributed by atoms with van der Waals surface area (Å²) in [6, 6.07) is 5.17. The molecular weight excluding hydrogens is 923 g/mol. The number of anilines is 1. The zero-order valence-electron chi connectivity index (χ0n) is 33.5. The van der Waals surface area contributed by atoms with Gasteiger partial charge in [0.15, 0.2) is 5.13 Å². The van der Waals surface area contributed by atoms with Gasteiger partial charge in [-0.05, 0) is 55.0 Å². The first-order valence-corrected chi connectivity index (χ1v) is 21.7. The number of halogens is 7. The Morgan fingerprint density at radius 3 is 2.44 bits per heavy atom. The third-order valence-corrected chi connectivity index (χ3v) is 13.7. The summed E-state index contributed by atoms with van der Waals surface area (Å²) in [6.07, 6.45) is -2.07. The Morgan fingerprint density at radius 1 is 1.11 bits per heavy atom. The number of carbonyl (C=O) groups is 3. The van der Waals surface area contributed by atoms with Crippen molar-refractivity contribution in [3.05, 3.63) is 77.0 Å². The van der Waals surface area contributed by atoms with E-state index in [1.54, 1.807) is 39.0 Å². The molecule has 2 aliphatic carbocycles. The monoisotopic (exact) mass is 964 g/mol. The number of thiazole rings is 1. The van der Waals surface area contributed by atoms with Crippen molar-refractivity contribution in [1.29, 1.82) is 0 Å². The number of carbonyl (C=O) groups excluding carboxylic acids is 3. The molecule has 13 nitrogen and oxygen atoms in total. The van der Waals surface area contributed by atoms with E-state index in [2.05, 4.69) is 31.9 Å². The summed E-state index contributed by atoms with van der Waals surface area (Å²) in [7, 11) is -2.50. The minimum absolute atomic E-state index is 0. The maximum atomic E-state index is 14.9. The number of alkyl halides is 3. The summed E-state index contributed by atoms with van der Waals surface area (Å²) in [5, 5.41) is 7.81. The van der Waals surface area contributed by atoms with E-state index in [1.165, 1.54) is 29.7 Å². The quantitative estimate of drug-likeness (QED) is 0.0898. The largest absolute Gasteiger partial charge is 0.494 e. The fraction of sp³-hybridized carbons (Fsp3) is 0.425. The average molecular weight is 966 g/mol. The van der Waals surface area contributed by atoms with Crippen molar-refractivity contribution in [2.75, 3.05) is 19.0 Å². The highest BCUT2D eigenvalue weighted by Gasteiger charge is 2.62. The highest BCUT2D eigenvalue weighted by atomic mass is 35.5. The first-order chi connectivity index (χ1) is 28.2. The van der Waals surface area contributed by atoms with Crippen LogP contribution in [0, 0.1) is 17.2 Å². The van der Waals surface area contributed by atoms with Crippen LogP contribution in [0.4, 0.5) is 22.7 Å². The average Bonchev–Trinajstić information content (AvgIpc) is 4.07. The number of likely N-dealkylation sites (tertiary alicyclic amines) is 1. The normalized spacial score (nSPS) is 21.5. The van der Waals surface area contributed by atoms with E-state index in [1.807, 2.05) is 0 Å². The summed E-state index contributed by atoms with van der Waals surface area (Å²) >= 11 is 7.20. The second-order valence-corrected chi connectivity index (χ2v) is 19.4. The minimum atomic E-state index is -4.88. The zero-order chi connectivity index (χ0) is 43.5. The molecule has 3 amide bonds. The molecule has 0 bridgehead atoms. The molecule has 3 aliphatic rings. The summed E-state index contributed by atoms with van der Waals surface area (Å²) in [6.45, 7) is 8.75. The van der Waals surface area contributed by atoms with Crippen LogP contribution in [0.3, 0.4) is 0 Å². The molecule has 0 radical (unpaired) electrons. The molecule has 3 heterocycles. The molecule has 336 valence electrons. The number of rotatable bonds is 13. The van der Waals surface area contributed by atoms with Gasteiger partial charge in [0.25, 0.3) is 5.91 Å². The van der Waals surface area contributed by atoms with Crippen LogP contribution in [0.2, 0.25) is 5.02 Å². The van der Waals surface area contributed by atoms with Crippen LogP contribution < -0.4 is 24.8 Å². The number of hydrogen-bond acceptors (Lipinski definition) is 11. The van der Waals surface area contributed by atoms with Gasteiger partial charge in [-0.1, -0.05) is 44.5 Å². The second-order valence-electron chi connectivity index (χ2n) is 16.1.